The van der Waals surface area contributed by atoms with Crippen LogP contribution in [-0.4, -0.2) is 20.9 Å². The molecule has 0 aliphatic heterocycles. The molecular weight excluding hydrogens is 332 g/mol. The number of hydrogen-bond donors (Lipinski definition) is 1. The van der Waals surface area contributed by atoms with Crippen molar-refractivity contribution in [2.75, 3.05) is 0 Å². The molecule has 1 aromatic carbocycles. The first-order chi connectivity index (χ1) is 10.2. The van der Waals surface area contributed by atoms with Crippen LogP contribution >= 0.6 is 15.9 Å². The number of rotatable bonds is 4. The lowest BCUT2D eigenvalue weighted by molar-refractivity contribution is 0.0811. The molecule has 1 aliphatic rings. The van der Waals surface area contributed by atoms with E-state index in [1.54, 1.807) is 4.68 Å². The zero-order valence-corrected chi connectivity index (χ0v) is 13.4. The third-order valence-electron chi connectivity index (χ3n) is 4.10. The Balaban J connectivity index is 1.88. The summed E-state index contributed by atoms with van der Waals surface area (Å²) in [6.07, 6.45) is 4.54. The molecule has 1 aromatic heterocycles. The van der Waals surface area contributed by atoms with Gasteiger partial charge in [-0.15, -0.1) is 5.10 Å². The van der Waals surface area contributed by atoms with Gasteiger partial charge in [-0.3, -0.25) is 4.79 Å². The molecule has 0 atom stereocenters. The van der Waals surface area contributed by atoms with Crippen LogP contribution in [0.15, 0.2) is 34.9 Å². The van der Waals surface area contributed by atoms with Crippen molar-refractivity contribution >= 4 is 21.8 Å². The largest absolute Gasteiger partial charge is 0.341 e. The van der Waals surface area contributed by atoms with Crippen LogP contribution < -0.4 is 5.32 Å². The molecular formula is C15H17BrN4O. The molecule has 0 radical (unpaired) electrons. The van der Waals surface area contributed by atoms with Gasteiger partial charge in [0.2, 0.25) is 0 Å². The van der Waals surface area contributed by atoms with Crippen LogP contribution in [0.4, 0.5) is 0 Å². The van der Waals surface area contributed by atoms with Crippen molar-refractivity contribution in [2.24, 2.45) is 0 Å². The van der Waals surface area contributed by atoms with E-state index in [0.29, 0.717) is 12.2 Å². The number of halogens is 1. The second-order valence-corrected chi connectivity index (χ2v) is 6.16. The molecule has 1 N–H and O–H groups in total. The predicted molar refractivity (Wildman–Crippen MR) is 82.8 cm³/mol. The van der Waals surface area contributed by atoms with Crippen LogP contribution in [0.5, 0.6) is 0 Å². The first kappa shape index (κ1) is 14.3. The fourth-order valence-electron chi connectivity index (χ4n) is 2.79. The van der Waals surface area contributed by atoms with Gasteiger partial charge in [-0.25, -0.2) is 4.68 Å². The van der Waals surface area contributed by atoms with E-state index in [1.165, 1.54) is 6.20 Å². The van der Waals surface area contributed by atoms with Gasteiger partial charge in [0.1, 0.15) is 5.69 Å². The van der Waals surface area contributed by atoms with E-state index in [1.807, 2.05) is 25.1 Å². The number of amides is 1. The fraction of sp³-hybridized carbons (Fsp3) is 0.400. The minimum absolute atomic E-state index is 0.114. The highest BCUT2D eigenvalue weighted by molar-refractivity contribution is 9.10. The molecule has 1 saturated carbocycles. The van der Waals surface area contributed by atoms with E-state index in [2.05, 4.69) is 37.6 Å². The van der Waals surface area contributed by atoms with E-state index in [4.69, 9.17) is 0 Å². The third-order valence-corrected chi connectivity index (χ3v) is 4.79. The smallest absolute Gasteiger partial charge is 0.271 e. The Kier molecular flexibility index (Phi) is 3.80. The summed E-state index contributed by atoms with van der Waals surface area (Å²) < 4.78 is 2.65. The van der Waals surface area contributed by atoms with Gasteiger partial charge >= 0.3 is 0 Å². The number of benzene rings is 1. The first-order valence-corrected chi connectivity index (χ1v) is 7.91. The van der Waals surface area contributed by atoms with Gasteiger partial charge in [-0.1, -0.05) is 39.3 Å². The topological polar surface area (TPSA) is 59.8 Å². The number of nitrogens with one attached hydrogen (secondary N) is 1. The van der Waals surface area contributed by atoms with Crippen LogP contribution in [0.3, 0.4) is 0 Å². The van der Waals surface area contributed by atoms with Gasteiger partial charge in [0, 0.05) is 11.0 Å². The first-order valence-electron chi connectivity index (χ1n) is 7.12. The molecule has 3 rings (SSSR count). The summed E-state index contributed by atoms with van der Waals surface area (Å²) >= 11 is 3.59. The average molecular weight is 349 g/mol. The SMILES string of the molecule is CCn1nncc1C(=O)NC1(c2ccccc2Br)CCC1. The maximum atomic E-state index is 12.6. The summed E-state index contributed by atoms with van der Waals surface area (Å²) in [5.74, 6) is -0.114. The van der Waals surface area contributed by atoms with Crippen LogP contribution in [0, 0.1) is 0 Å². The second-order valence-electron chi connectivity index (χ2n) is 5.30. The highest BCUT2D eigenvalue weighted by Crippen LogP contribution is 2.44. The monoisotopic (exact) mass is 348 g/mol. The van der Waals surface area contributed by atoms with E-state index in [0.717, 1.165) is 29.3 Å². The zero-order valence-electron chi connectivity index (χ0n) is 11.8. The Labute approximate surface area is 131 Å². The molecule has 1 aliphatic carbocycles. The Hall–Kier alpha value is -1.69. The van der Waals surface area contributed by atoms with Gasteiger partial charge < -0.3 is 5.32 Å². The number of carbonyl (C=O) groups excluding carboxylic acids is 1. The summed E-state index contributed by atoms with van der Waals surface area (Å²) in [6, 6.07) is 8.07. The molecule has 21 heavy (non-hydrogen) atoms. The summed E-state index contributed by atoms with van der Waals surface area (Å²) in [6.45, 7) is 2.57. The minimum Gasteiger partial charge on any atom is -0.341 e. The van der Waals surface area contributed by atoms with Gasteiger partial charge in [0.05, 0.1) is 11.7 Å². The van der Waals surface area contributed by atoms with Crippen molar-refractivity contribution in [1.82, 2.24) is 20.3 Å². The number of hydrogen-bond acceptors (Lipinski definition) is 3. The fourth-order valence-corrected chi connectivity index (χ4v) is 3.45. The molecule has 0 spiro atoms. The second kappa shape index (κ2) is 5.60. The lowest BCUT2D eigenvalue weighted by Crippen LogP contribution is -2.51. The number of aryl methyl sites for hydroxylation is 1. The summed E-state index contributed by atoms with van der Waals surface area (Å²) in [5, 5.41) is 10.9. The van der Waals surface area contributed by atoms with Crippen molar-refractivity contribution in [2.45, 2.75) is 38.3 Å². The standard InChI is InChI=1S/C15H17BrN4O/c1-2-20-13(10-17-19-20)14(21)18-15(8-5-9-15)11-6-3-4-7-12(11)16/h3-4,6-7,10H,2,5,8-9H2,1H3,(H,18,21). The van der Waals surface area contributed by atoms with Crippen molar-refractivity contribution in [3.63, 3.8) is 0 Å². The van der Waals surface area contributed by atoms with Crippen molar-refractivity contribution < 1.29 is 4.79 Å². The zero-order chi connectivity index (χ0) is 14.9. The Bertz CT molecular complexity index is 663. The van der Waals surface area contributed by atoms with Crippen molar-refractivity contribution in [3.8, 4) is 0 Å². The van der Waals surface area contributed by atoms with Crippen LogP contribution in [0.2, 0.25) is 0 Å². The maximum absolute atomic E-state index is 12.6. The van der Waals surface area contributed by atoms with Crippen LogP contribution in [-0.2, 0) is 12.1 Å². The Morgan fingerprint density at radius 3 is 2.81 bits per heavy atom. The molecule has 1 heterocycles. The lowest BCUT2D eigenvalue weighted by Gasteiger charge is -2.43. The normalized spacial score (nSPS) is 16.3. The molecule has 110 valence electrons. The molecule has 5 nitrogen and oxygen atoms in total. The number of nitrogens with zero attached hydrogens (tertiary/aromatic N) is 3. The summed E-state index contributed by atoms with van der Waals surface area (Å²) in [5.41, 5.74) is 1.37. The molecule has 0 bridgehead atoms. The quantitative estimate of drug-likeness (QED) is 0.923. The van der Waals surface area contributed by atoms with Gasteiger partial charge in [-0.2, -0.15) is 0 Å². The molecule has 0 saturated heterocycles. The number of carbonyl (C=O) groups is 1. The third kappa shape index (κ3) is 2.48. The van der Waals surface area contributed by atoms with Crippen molar-refractivity contribution in [1.29, 1.82) is 0 Å². The lowest BCUT2D eigenvalue weighted by atomic mass is 9.71. The highest BCUT2D eigenvalue weighted by atomic mass is 79.9. The van der Waals surface area contributed by atoms with Gasteiger partial charge in [0.15, 0.2) is 0 Å². The van der Waals surface area contributed by atoms with E-state index < -0.39 is 0 Å². The van der Waals surface area contributed by atoms with E-state index in [-0.39, 0.29) is 11.4 Å². The molecule has 1 fully saturated rings. The van der Waals surface area contributed by atoms with Crippen molar-refractivity contribution in [3.05, 3.63) is 46.2 Å². The molecule has 2 aromatic rings. The average Bonchev–Trinajstić information content (AvgIpc) is 2.92. The number of aromatic nitrogens is 3. The summed E-state index contributed by atoms with van der Waals surface area (Å²) in [7, 11) is 0. The maximum Gasteiger partial charge on any atom is 0.271 e. The highest BCUT2D eigenvalue weighted by Gasteiger charge is 2.41. The minimum atomic E-state index is -0.278. The van der Waals surface area contributed by atoms with Crippen LogP contribution in [0.1, 0.15) is 42.2 Å². The molecule has 6 heteroatoms. The van der Waals surface area contributed by atoms with Gasteiger partial charge in [0.25, 0.3) is 5.91 Å². The Morgan fingerprint density at radius 2 is 2.19 bits per heavy atom. The van der Waals surface area contributed by atoms with E-state index >= 15 is 0 Å². The van der Waals surface area contributed by atoms with Crippen LogP contribution in [0.25, 0.3) is 0 Å². The summed E-state index contributed by atoms with van der Waals surface area (Å²) in [4.78, 5) is 12.6. The Morgan fingerprint density at radius 1 is 1.43 bits per heavy atom. The molecule has 1 amide bonds. The molecule has 0 unspecified atom stereocenters. The predicted octanol–water partition coefficient (Wildman–Crippen LogP) is 2.87. The van der Waals surface area contributed by atoms with Gasteiger partial charge in [-0.05, 0) is 37.8 Å². The van der Waals surface area contributed by atoms with E-state index in [9.17, 15) is 4.79 Å².